The quantitative estimate of drug-likeness (QED) is 0.163. The van der Waals surface area contributed by atoms with Crippen molar-refractivity contribution in [1.29, 1.82) is 0 Å². The highest BCUT2D eigenvalue weighted by Crippen LogP contribution is 2.55. The number of esters is 1. The average molecular weight is 618 g/mol. The van der Waals surface area contributed by atoms with Crippen LogP contribution in [0.1, 0.15) is 81.4 Å². The molecule has 2 bridgehead atoms. The summed E-state index contributed by atoms with van der Waals surface area (Å²) in [4.78, 5) is 26.0. The highest BCUT2D eigenvalue weighted by molar-refractivity contribution is 5.83. The zero-order valence-corrected chi connectivity index (χ0v) is 26.9. The van der Waals surface area contributed by atoms with Gasteiger partial charge in [-0.05, 0) is 121 Å². The summed E-state index contributed by atoms with van der Waals surface area (Å²) in [7, 11) is 3.06. The van der Waals surface area contributed by atoms with Crippen molar-refractivity contribution in [3.63, 3.8) is 0 Å². The van der Waals surface area contributed by atoms with Crippen LogP contribution in [-0.2, 0) is 20.7 Å². The van der Waals surface area contributed by atoms with Gasteiger partial charge in [-0.15, -0.1) is 0 Å². The number of methoxy groups -OCH3 is 2. The number of allylic oxidation sites excluding steroid dienone is 3. The van der Waals surface area contributed by atoms with Crippen LogP contribution in [0.2, 0.25) is 0 Å². The predicted octanol–water partition coefficient (Wildman–Crippen LogP) is 6.48. The highest BCUT2D eigenvalue weighted by atomic mass is 16.5. The number of ether oxygens (including phenoxy) is 3. The van der Waals surface area contributed by atoms with Crippen LogP contribution in [0.3, 0.4) is 0 Å². The van der Waals surface area contributed by atoms with Crippen molar-refractivity contribution in [3.8, 4) is 23.0 Å². The molecular weight excluding hydrogens is 570 g/mol. The Morgan fingerprint density at radius 1 is 1.04 bits per heavy atom. The molecule has 242 valence electrons. The number of Topliss-reactive ketones (excluding diaryl/α,β-unsaturated/α-hetero) is 1. The van der Waals surface area contributed by atoms with Crippen molar-refractivity contribution >= 4 is 17.3 Å². The molecule has 0 saturated heterocycles. The van der Waals surface area contributed by atoms with Gasteiger partial charge in [0.15, 0.2) is 23.0 Å². The van der Waals surface area contributed by atoms with Crippen LogP contribution < -0.4 is 14.8 Å². The summed E-state index contributed by atoms with van der Waals surface area (Å²) in [6, 6.07) is 8.92. The van der Waals surface area contributed by atoms with E-state index in [1.807, 2.05) is 18.2 Å². The van der Waals surface area contributed by atoms with E-state index in [1.165, 1.54) is 25.2 Å². The van der Waals surface area contributed by atoms with Crippen LogP contribution in [0.15, 0.2) is 48.1 Å². The van der Waals surface area contributed by atoms with Crippen molar-refractivity contribution in [2.75, 3.05) is 27.3 Å². The minimum Gasteiger partial charge on any atom is -0.504 e. The monoisotopic (exact) mass is 617 g/mol. The zero-order chi connectivity index (χ0) is 32.1. The summed E-state index contributed by atoms with van der Waals surface area (Å²) in [6.45, 7) is 5.11. The molecule has 5 atom stereocenters. The molecular formula is C37H47NO7. The van der Waals surface area contributed by atoms with E-state index >= 15 is 0 Å². The van der Waals surface area contributed by atoms with Gasteiger partial charge in [0.2, 0.25) is 0 Å². The molecule has 45 heavy (non-hydrogen) atoms. The smallest absolute Gasteiger partial charge is 0.302 e. The first-order valence-corrected chi connectivity index (χ1v) is 16.3. The van der Waals surface area contributed by atoms with Crippen LogP contribution in [0, 0.1) is 17.8 Å². The molecule has 5 rings (SSSR count). The molecule has 8 heteroatoms. The SMILES string of the molecule is CCCNCC1=C2C=C[C@H]3CC[C@H]([C@@H]2C3)[C@H](CC(=O)C[C@@H](CCc2ccc(O)c(OC)c2)OC(C)=O)c2cc(OC)c(O)cc21. The lowest BCUT2D eigenvalue weighted by Crippen LogP contribution is -2.33. The Balaban J connectivity index is 1.44. The topological polar surface area (TPSA) is 114 Å². The largest absolute Gasteiger partial charge is 0.504 e. The number of fused-ring (bicyclic) bond motifs is 2. The lowest BCUT2D eigenvalue weighted by atomic mass is 9.62. The third kappa shape index (κ3) is 7.38. The van der Waals surface area contributed by atoms with E-state index in [-0.39, 0.29) is 35.5 Å². The minimum atomic E-state index is -0.565. The van der Waals surface area contributed by atoms with Crippen molar-refractivity contribution in [1.82, 2.24) is 5.32 Å². The summed E-state index contributed by atoms with van der Waals surface area (Å²) >= 11 is 0. The van der Waals surface area contributed by atoms with Gasteiger partial charge < -0.3 is 29.7 Å². The fourth-order valence-electron chi connectivity index (χ4n) is 7.70. The molecule has 0 amide bonds. The van der Waals surface area contributed by atoms with Gasteiger partial charge in [0.25, 0.3) is 0 Å². The second-order valence-corrected chi connectivity index (χ2v) is 12.8. The summed E-state index contributed by atoms with van der Waals surface area (Å²) in [5.74, 6) is 1.68. The number of benzene rings is 2. The lowest BCUT2D eigenvalue weighted by molar-refractivity contribution is -0.147. The second kappa shape index (κ2) is 14.5. The second-order valence-electron chi connectivity index (χ2n) is 12.8. The maximum atomic E-state index is 14.0. The maximum absolute atomic E-state index is 14.0. The number of nitrogens with one attached hydrogen (secondary N) is 1. The van der Waals surface area contributed by atoms with Crippen LogP contribution in [0.25, 0.3) is 5.57 Å². The summed E-state index contributed by atoms with van der Waals surface area (Å²) in [5.41, 5.74) is 5.47. The zero-order valence-electron chi connectivity index (χ0n) is 26.9. The molecule has 3 aliphatic carbocycles. The summed E-state index contributed by atoms with van der Waals surface area (Å²) in [6.07, 6.45) is 9.78. The Labute approximate surface area is 266 Å². The molecule has 2 aromatic rings. The fraction of sp³-hybridized carbons (Fsp3) is 0.514. The van der Waals surface area contributed by atoms with Gasteiger partial charge in [-0.25, -0.2) is 0 Å². The number of carbonyl (C=O) groups is 2. The van der Waals surface area contributed by atoms with Gasteiger partial charge in [0.05, 0.1) is 14.2 Å². The first-order valence-electron chi connectivity index (χ1n) is 16.3. The van der Waals surface area contributed by atoms with Gasteiger partial charge in [0.1, 0.15) is 11.9 Å². The number of ketones is 1. The van der Waals surface area contributed by atoms with E-state index < -0.39 is 12.1 Å². The molecule has 2 aromatic carbocycles. The standard InChI is InChI=1S/C37H47NO7/c1-5-14-38-21-33-28-12-8-23-7-11-27(29(28)15-23)30(32-20-37(44-4)35(42)19-31(32)33)18-25(40)17-26(45-22(2)39)10-6-24-9-13-34(41)36(16-24)43-3/h8-9,12-13,16,19-20,23,26-27,29-30,38,41-42H,5-7,10-11,14-15,17-18,21H2,1-4H3/t23-,26-,27-,29+,30+/m1/s1. The maximum Gasteiger partial charge on any atom is 0.302 e. The van der Waals surface area contributed by atoms with Crippen molar-refractivity contribution in [2.24, 2.45) is 17.8 Å². The molecule has 0 spiro atoms. The minimum absolute atomic E-state index is 0.0510. The Bertz CT molecular complexity index is 1460. The fourth-order valence-corrected chi connectivity index (χ4v) is 7.70. The third-order valence-corrected chi connectivity index (χ3v) is 9.80. The number of carbonyl (C=O) groups excluding carboxylic acids is 2. The Hall–Kier alpha value is -3.78. The van der Waals surface area contributed by atoms with Gasteiger partial charge in [0, 0.05) is 26.3 Å². The van der Waals surface area contributed by atoms with Crippen molar-refractivity contribution in [2.45, 2.75) is 77.2 Å². The number of rotatable bonds is 14. The van der Waals surface area contributed by atoms with Crippen molar-refractivity contribution in [3.05, 3.63) is 64.7 Å². The molecule has 1 saturated carbocycles. The predicted molar refractivity (Wildman–Crippen MR) is 174 cm³/mol. The Kier molecular flexibility index (Phi) is 10.5. The van der Waals surface area contributed by atoms with Crippen molar-refractivity contribution < 1.29 is 34.0 Å². The number of hydrogen-bond donors (Lipinski definition) is 3. The first kappa shape index (κ1) is 32.6. The van der Waals surface area contributed by atoms with Gasteiger partial charge in [-0.2, -0.15) is 0 Å². The molecule has 0 heterocycles. The normalized spacial score (nSPS) is 22.3. The molecule has 0 radical (unpaired) electrons. The summed E-state index contributed by atoms with van der Waals surface area (Å²) in [5, 5.41) is 24.5. The summed E-state index contributed by atoms with van der Waals surface area (Å²) < 4.78 is 16.5. The van der Waals surface area contributed by atoms with E-state index in [4.69, 9.17) is 14.2 Å². The first-order chi connectivity index (χ1) is 21.7. The Morgan fingerprint density at radius 2 is 1.82 bits per heavy atom. The number of aryl methyl sites for hydroxylation is 1. The van der Waals surface area contributed by atoms with E-state index in [1.54, 1.807) is 19.2 Å². The Morgan fingerprint density at radius 3 is 2.56 bits per heavy atom. The average Bonchev–Trinajstić information content (AvgIpc) is 3.13. The molecule has 1 fully saturated rings. The van der Waals surface area contributed by atoms with E-state index in [0.717, 1.165) is 48.9 Å². The molecule has 8 nitrogen and oxygen atoms in total. The number of phenolic OH excluding ortho intramolecular Hbond substituents is 2. The van der Waals surface area contributed by atoms with Crippen LogP contribution >= 0.6 is 0 Å². The lowest BCUT2D eigenvalue weighted by Gasteiger charge is -2.42. The van der Waals surface area contributed by atoms with Gasteiger partial charge in [-0.1, -0.05) is 25.1 Å². The third-order valence-electron chi connectivity index (χ3n) is 9.80. The molecule has 0 unspecified atom stereocenters. The molecule has 3 aliphatic rings. The highest BCUT2D eigenvalue weighted by Gasteiger charge is 2.43. The number of hydrogen-bond acceptors (Lipinski definition) is 8. The number of aromatic hydroxyl groups is 2. The van der Waals surface area contributed by atoms with Gasteiger partial charge in [-0.3, -0.25) is 9.59 Å². The van der Waals surface area contributed by atoms with Gasteiger partial charge >= 0.3 is 5.97 Å². The van der Waals surface area contributed by atoms with E-state index in [0.29, 0.717) is 49.1 Å². The van der Waals surface area contributed by atoms with Crippen LogP contribution in [-0.4, -0.2) is 55.4 Å². The van der Waals surface area contributed by atoms with E-state index in [9.17, 15) is 19.8 Å². The van der Waals surface area contributed by atoms with Crippen LogP contribution in [0.5, 0.6) is 23.0 Å². The molecule has 0 aliphatic heterocycles. The number of phenols is 2. The molecule has 0 aromatic heterocycles. The van der Waals surface area contributed by atoms with Crippen LogP contribution in [0.4, 0.5) is 0 Å². The molecule has 3 N–H and O–H groups in total. The van der Waals surface area contributed by atoms with E-state index in [2.05, 4.69) is 24.4 Å².